The van der Waals surface area contributed by atoms with Crippen LogP contribution in [0.15, 0.2) is 12.2 Å². The molecule has 7 nitrogen and oxygen atoms in total. The van der Waals surface area contributed by atoms with E-state index in [9.17, 15) is 14.4 Å². The van der Waals surface area contributed by atoms with Crippen molar-refractivity contribution in [2.75, 3.05) is 13.2 Å². The Morgan fingerprint density at radius 1 is 1.35 bits per heavy atom. The minimum absolute atomic E-state index is 0.157. The van der Waals surface area contributed by atoms with E-state index in [4.69, 9.17) is 9.84 Å². The average molecular weight is 244 g/mol. The summed E-state index contributed by atoms with van der Waals surface area (Å²) in [5.74, 6) is -2.06. The predicted octanol–water partition coefficient (Wildman–Crippen LogP) is -0.122. The van der Waals surface area contributed by atoms with Crippen LogP contribution >= 0.6 is 0 Å². The van der Waals surface area contributed by atoms with Crippen LogP contribution in [-0.2, 0) is 14.3 Å². The molecule has 96 valence electrons. The number of rotatable bonds is 6. The first-order valence-electron chi connectivity index (χ1n) is 5.07. The van der Waals surface area contributed by atoms with Crippen LogP contribution in [0.3, 0.4) is 0 Å². The number of nitrogens with one attached hydrogen (secondary N) is 2. The number of carbonyl (C=O) groups excluding carboxylic acids is 2. The number of carbonyl (C=O) groups is 3. The second-order valence-corrected chi connectivity index (χ2v) is 3.14. The van der Waals surface area contributed by atoms with Gasteiger partial charge in [0.2, 0.25) is 0 Å². The average Bonchev–Trinajstić information content (AvgIpc) is 2.24. The molecule has 0 bridgehead atoms. The topological polar surface area (TPSA) is 105 Å². The van der Waals surface area contributed by atoms with E-state index in [1.54, 1.807) is 6.92 Å². The van der Waals surface area contributed by atoms with Crippen molar-refractivity contribution in [3.05, 3.63) is 12.2 Å². The van der Waals surface area contributed by atoms with Gasteiger partial charge in [0.05, 0.1) is 6.10 Å². The minimum Gasteiger partial charge on any atom is -0.478 e. The zero-order valence-corrected chi connectivity index (χ0v) is 9.73. The molecule has 7 heteroatoms. The summed E-state index contributed by atoms with van der Waals surface area (Å²) < 4.78 is 5.16. The molecule has 0 aromatic rings. The third-order valence-corrected chi connectivity index (χ3v) is 1.62. The minimum atomic E-state index is -1.26. The van der Waals surface area contributed by atoms with Crippen molar-refractivity contribution in [2.45, 2.75) is 20.0 Å². The summed E-state index contributed by atoms with van der Waals surface area (Å²) in [4.78, 5) is 32.2. The van der Waals surface area contributed by atoms with Gasteiger partial charge in [-0.05, 0) is 13.8 Å². The van der Waals surface area contributed by atoms with Gasteiger partial charge in [-0.3, -0.25) is 10.1 Å². The van der Waals surface area contributed by atoms with Crippen molar-refractivity contribution in [3.63, 3.8) is 0 Å². The molecule has 3 amide bonds. The van der Waals surface area contributed by atoms with Gasteiger partial charge in [0.15, 0.2) is 0 Å². The molecule has 1 unspecified atom stereocenters. The highest BCUT2D eigenvalue weighted by Crippen LogP contribution is 1.87. The standard InChI is InChI=1S/C10H16N2O5/c1-3-17-7(2)6-11-10(16)12-8(13)4-5-9(14)15/h4-5,7H,3,6H2,1-2H3,(H,14,15)(H2,11,12,13,16)/b5-4+. The SMILES string of the molecule is CCOC(C)CNC(=O)NC(=O)/C=C/C(=O)O. The Morgan fingerprint density at radius 2 is 2.00 bits per heavy atom. The molecule has 0 saturated carbocycles. The second-order valence-electron chi connectivity index (χ2n) is 3.14. The zero-order valence-electron chi connectivity index (χ0n) is 9.73. The summed E-state index contributed by atoms with van der Waals surface area (Å²) in [6, 6.07) is -0.698. The molecule has 3 N–H and O–H groups in total. The van der Waals surface area contributed by atoms with Crippen LogP contribution in [0.1, 0.15) is 13.8 Å². The van der Waals surface area contributed by atoms with Crippen LogP contribution < -0.4 is 10.6 Å². The number of carboxylic acid groups (broad SMARTS) is 1. The summed E-state index contributed by atoms with van der Waals surface area (Å²) in [5.41, 5.74) is 0. The van der Waals surface area contributed by atoms with Crippen molar-refractivity contribution < 1.29 is 24.2 Å². The van der Waals surface area contributed by atoms with E-state index in [0.29, 0.717) is 12.7 Å². The third-order valence-electron chi connectivity index (χ3n) is 1.62. The number of ether oxygens (including phenoxy) is 1. The maximum atomic E-state index is 11.1. The van der Waals surface area contributed by atoms with Gasteiger partial charge in [-0.1, -0.05) is 0 Å². The summed E-state index contributed by atoms with van der Waals surface area (Å²) in [6.45, 7) is 4.40. The number of imide groups is 1. The van der Waals surface area contributed by atoms with E-state index in [0.717, 1.165) is 6.08 Å². The number of urea groups is 1. The van der Waals surface area contributed by atoms with Gasteiger partial charge in [0, 0.05) is 25.3 Å². The highest BCUT2D eigenvalue weighted by molar-refractivity contribution is 6.02. The van der Waals surface area contributed by atoms with Crippen LogP contribution in [0.5, 0.6) is 0 Å². The van der Waals surface area contributed by atoms with Crippen molar-refractivity contribution in [1.29, 1.82) is 0 Å². The molecule has 0 saturated heterocycles. The fourth-order valence-corrected chi connectivity index (χ4v) is 0.925. The number of amides is 3. The van der Waals surface area contributed by atoms with Crippen LogP contribution in [0.2, 0.25) is 0 Å². The van der Waals surface area contributed by atoms with E-state index in [-0.39, 0.29) is 12.6 Å². The van der Waals surface area contributed by atoms with Crippen LogP contribution in [-0.4, -0.2) is 42.3 Å². The molecule has 0 aliphatic carbocycles. The van der Waals surface area contributed by atoms with E-state index in [1.165, 1.54) is 0 Å². The van der Waals surface area contributed by atoms with E-state index in [1.807, 2.05) is 12.2 Å². The molecule has 0 heterocycles. The number of hydrogen-bond acceptors (Lipinski definition) is 4. The normalized spacial score (nSPS) is 12.1. The molecule has 0 aromatic heterocycles. The molecule has 0 radical (unpaired) electrons. The Kier molecular flexibility index (Phi) is 7.36. The highest BCUT2D eigenvalue weighted by atomic mass is 16.5. The Labute approximate surface area is 98.8 Å². The third kappa shape index (κ3) is 9.06. The fourth-order valence-electron chi connectivity index (χ4n) is 0.925. The fraction of sp³-hybridized carbons (Fsp3) is 0.500. The largest absolute Gasteiger partial charge is 0.478 e. The number of hydrogen-bond donors (Lipinski definition) is 3. The Hall–Kier alpha value is -1.89. The van der Waals surface area contributed by atoms with Gasteiger partial charge >= 0.3 is 12.0 Å². The van der Waals surface area contributed by atoms with Gasteiger partial charge < -0.3 is 15.2 Å². The summed E-state index contributed by atoms with van der Waals surface area (Å²) in [7, 11) is 0. The lowest BCUT2D eigenvalue weighted by atomic mass is 10.4. The van der Waals surface area contributed by atoms with Gasteiger partial charge in [0.25, 0.3) is 5.91 Å². The van der Waals surface area contributed by atoms with Crippen LogP contribution in [0.25, 0.3) is 0 Å². The van der Waals surface area contributed by atoms with Crippen molar-refractivity contribution in [1.82, 2.24) is 10.6 Å². The van der Waals surface area contributed by atoms with E-state index >= 15 is 0 Å². The van der Waals surface area contributed by atoms with Gasteiger partial charge in [-0.25, -0.2) is 9.59 Å². The monoisotopic (exact) mass is 244 g/mol. The maximum absolute atomic E-state index is 11.1. The van der Waals surface area contributed by atoms with Crippen molar-refractivity contribution in [3.8, 4) is 0 Å². The molecule has 1 atom stereocenters. The van der Waals surface area contributed by atoms with Gasteiger partial charge in [-0.15, -0.1) is 0 Å². The number of carboxylic acids is 1. The van der Waals surface area contributed by atoms with Crippen LogP contribution in [0, 0.1) is 0 Å². The lowest BCUT2D eigenvalue weighted by Gasteiger charge is -2.12. The summed E-state index contributed by atoms with van der Waals surface area (Å²) in [5, 5.41) is 12.6. The van der Waals surface area contributed by atoms with Crippen molar-refractivity contribution in [2.24, 2.45) is 0 Å². The first kappa shape index (κ1) is 15.1. The molecular formula is C10H16N2O5. The Balaban J connectivity index is 3.86. The first-order valence-corrected chi connectivity index (χ1v) is 5.07. The summed E-state index contributed by atoms with van der Waals surface area (Å²) in [6.07, 6.45) is 1.25. The zero-order chi connectivity index (χ0) is 13.3. The molecule has 0 fully saturated rings. The molecule has 0 aromatic carbocycles. The van der Waals surface area contributed by atoms with Gasteiger partial charge in [-0.2, -0.15) is 0 Å². The molecule has 0 spiro atoms. The second kappa shape index (κ2) is 8.28. The van der Waals surface area contributed by atoms with E-state index < -0.39 is 17.9 Å². The predicted molar refractivity (Wildman–Crippen MR) is 59.4 cm³/mol. The smallest absolute Gasteiger partial charge is 0.328 e. The van der Waals surface area contributed by atoms with Crippen molar-refractivity contribution >= 4 is 17.9 Å². The maximum Gasteiger partial charge on any atom is 0.328 e. The lowest BCUT2D eigenvalue weighted by molar-refractivity contribution is -0.131. The van der Waals surface area contributed by atoms with Gasteiger partial charge in [0.1, 0.15) is 0 Å². The van der Waals surface area contributed by atoms with Crippen LogP contribution in [0.4, 0.5) is 4.79 Å². The lowest BCUT2D eigenvalue weighted by Crippen LogP contribution is -2.42. The highest BCUT2D eigenvalue weighted by Gasteiger charge is 2.07. The molecule has 17 heavy (non-hydrogen) atoms. The molecular weight excluding hydrogens is 228 g/mol. The summed E-state index contributed by atoms with van der Waals surface area (Å²) >= 11 is 0. The quantitative estimate of drug-likeness (QED) is 0.565. The molecule has 0 aliphatic heterocycles. The Bertz CT molecular complexity index is 314. The molecule has 0 aliphatic rings. The Morgan fingerprint density at radius 3 is 2.53 bits per heavy atom. The number of aliphatic carboxylic acids is 1. The first-order chi connectivity index (χ1) is 7.95. The molecule has 0 rings (SSSR count). The van der Waals surface area contributed by atoms with E-state index in [2.05, 4.69) is 5.32 Å².